The highest BCUT2D eigenvalue weighted by molar-refractivity contribution is 7.90. The molecule has 1 saturated carbocycles. The first-order valence-electron chi connectivity index (χ1n) is 12.2. The van der Waals surface area contributed by atoms with Gasteiger partial charge in [-0.25, -0.2) is 17.1 Å². The molecule has 2 aromatic carbocycles. The van der Waals surface area contributed by atoms with Gasteiger partial charge < -0.3 is 10.2 Å². The quantitative estimate of drug-likeness (QED) is 0.552. The molecule has 0 radical (unpaired) electrons. The summed E-state index contributed by atoms with van der Waals surface area (Å²) in [6.07, 6.45) is 3.83. The lowest BCUT2D eigenvalue weighted by Gasteiger charge is -2.30. The lowest BCUT2D eigenvalue weighted by atomic mass is 10.1. The largest absolute Gasteiger partial charge is 0.352 e. The van der Waals surface area contributed by atoms with Crippen LogP contribution in [0.5, 0.6) is 0 Å². The lowest BCUT2D eigenvalue weighted by Crippen LogP contribution is -2.49. The number of nitrogens with zero attached hydrogens (tertiary/aromatic N) is 2. The van der Waals surface area contributed by atoms with Crippen molar-refractivity contribution in [1.29, 1.82) is 0 Å². The number of hydrogen-bond acceptors (Lipinski definition) is 5. The third-order valence-corrected chi connectivity index (χ3v) is 8.67. The molecular formula is C26H30FN3O5S. The summed E-state index contributed by atoms with van der Waals surface area (Å²) in [5.74, 6) is -1.83. The first kappa shape index (κ1) is 25.8. The summed E-state index contributed by atoms with van der Waals surface area (Å²) in [6, 6.07) is 11.3. The van der Waals surface area contributed by atoms with Crippen molar-refractivity contribution in [3.05, 3.63) is 65.5 Å². The maximum Gasteiger partial charge on any atom is 0.269 e. The van der Waals surface area contributed by atoms with Crippen molar-refractivity contribution >= 4 is 27.7 Å². The van der Waals surface area contributed by atoms with Crippen LogP contribution in [0, 0.1) is 5.82 Å². The Balaban J connectivity index is 1.44. The monoisotopic (exact) mass is 515 g/mol. The van der Waals surface area contributed by atoms with Crippen LogP contribution in [0.4, 0.5) is 4.39 Å². The summed E-state index contributed by atoms with van der Waals surface area (Å²) in [5, 5.41) is 2.98. The Bertz CT molecular complexity index is 1260. The van der Waals surface area contributed by atoms with Gasteiger partial charge in [-0.2, -0.15) is 0 Å². The molecule has 10 heteroatoms. The number of benzene rings is 2. The van der Waals surface area contributed by atoms with Crippen molar-refractivity contribution in [2.45, 2.75) is 69.0 Å². The van der Waals surface area contributed by atoms with E-state index in [4.69, 9.17) is 0 Å². The summed E-state index contributed by atoms with van der Waals surface area (Å²) >= 11 is 0. The summed E-state index contributed by atoms with van der Waals surface area (Å²) < 4.78 is 40.7. The van der Waals surface area contributed by atoms with Gasteiger partial charge in [-0.3, -0.25) is 14.4 Å². The SMILES string of the molecule is C[C@H](C(=O)NC1CCCC1)N(Cc1ccccc1F)C(=O)CCCN1C(=O)c2ccccc2S1(=O)=O. The number of halogens is 1. The molecule has 1 heterocycles. The second kappa shape index (κ2) is 10.8. The van der Waals surface area contributed by atoms with E-state index >= 15 is 0 Å². The van der Waals surface area contributed by atoms with Crippen LogP contribution in [0.2, 0.25) is 0 Å². The maximum absolute atomic E-state index is 14.4. The van der Waals surface area contributed by atoms with Gasteiger partial charge in [-0.05, 0) is 44.4 Å². The van der Waals surface area contributed by atoms with Gasteiger partial charge >= 0.3 is 0 Å². The minimum absolute atomic E-state index is 0.0419. The molecule has 0 spiro atoms. The fourth-order valence-corrected chi connectivity index (χ4v) is 6.36. The van der Waals surface area contributed by atoms with E-state index in [-0.39, 0.29) is 53.9 Å². The zero-order valence-corrected chi connectivity index (χ0v) is 21.0. The number of nitrogens with one attached hydrogen (secondary N) is 1. The Kier molecular flexibility index (Phi) is 7.73. The third-order valence-electron chi connectivity index (χ3n) is 6.83. The van der Waals surface area contributed by atoms with Crippen LogP contribution < -0.4 is 5.32 Å². The van der Waals surface area contributed by atoms with E-state index in [9.17, 15) is 27.2 Å². The molecule has 192 valence electrons. The molecule has 1 aliphatic carbocycles. The molecule has 1 N–H and O–H groups in total. The molecule has 36 heavy (non-hydrogen) atoms. The predicted molar refractivity (Wildman–Crippen MR) is 131 cm³/mol. The number of rotatable bonds is 9. The van der Waals surface area contributed by atoms with Crippen LogP contribution in [0.15, 0.2) is 53.4 Å². The standard InChI is InChI=1S/C26H30FN3O5S/c1-18(25(32)28-20-10-3-4-11-20)29(17-19-9-2-6-13-22(19)27)24(31)15-8-16-30-26(33)21-12-5-7-14-23(21)36(30,34)35/h2,5-7,9,12-14,18,20H,3-4,8,10-11,15-17H2,1H3,(H,28,32)/t18-/m1/s1. The van der Waals surface area contributed by atoms with Gasteiger partial charge in [-0.1, -0.05) is 43.2 Å². The number of hydrogen-bond donors (Lipinski definition) is 1. The predicted octanol–water partition coefficient (Wildman–Crippen LogP) is 3.23. The second-order valence-electron chi connectivity index (χ2n) is 9.26. The highest BCUT2D eigenvalue weighted by Crippen LogP contribution is 2.30. The zero-order chi connectivity index (χ0) is 25.9. The van der Waals surface area contributed by atoms with Crippen LogP contribution in [0.1, 0.15) is 61.4 Å². The molecule has 4 rings (SSSR count). The van der Waals surface area contributed by atoms with E-state index in [2.05, 4.69) is 5.32 Å². The van der Waals surface area contributed by atoms with Crippen molar-refractivity contribution in [1.82, 2.24) is 14.5 Å². The first-order chi connectivity index (χ1) is 17.2. The van der Waals surface area contributed by atoms with Crippen molar-refractivity contribution in [3.8, 4) is 0 Å². The molecule has 0 aromatic heterocycles. The van der Waals surface area contributed by atoms with Crippen molar-refractivity contribution in [2.75, 3.05) is 6.54 Å². The molecule has 1 atom stereocenters. The van der Waals surface area contributed by atoms with E-state index in [1.165, 1.54) is 23.1 Å². The van der Waals surface area contributed by atoms with Crippen LogP contribution in [-0.4, -0.2) is 54.0 Å². The first-order valence-corrected chi connectivity index (χ1v) is 13.6. The Labute approximate surface area is 210 Å². The summed E-state index contributed by atoms with van der Waals surface area (Å²) in [5.41, 5.74) is 0.390. The normalized spacial score (nSPS) is 17.6. The molecule has 1 fully saturated rings. The minimum Gasteiger partial charge on any atom is -0.352 e. The lowest BCUT2D eigenvalue weighted by molar-refractivity contribution is -0.141. The van der Waals surface area contributed by atoms with Crippen molar-refractivity contribution in [3.63, 3.8) is 0 Å². The van der Waals surface area contributed by atoms with Crippen molar-refractivity contribution in [2.24, 2.45) is 0 Å². The van der Waals surface area contributed by atoms with E-state index in [1.807, 2.05) is 0 Å². The maximum atomic E-state index is 14.4. The van der Waals surface area contributed by atoms with E-state index in [0.29, 0.717) is 0 Å². The summed E-state index contributed by atoms with van der Waals surface area (Å²) in [4.78, 5) is 40.1. The van der Waals surface area contributed by atoms with Gasteiger partial charge in [0.15, 0.2) is 0 Å². The molecule has 1 aliphatic heterocycles. The van der Waals surface area contributed by atoms with Crippen LogP contribution in [0.3, 0.4) is 0 Å². The topological polar surface area (TPSA) is 104 Å². The van der Waals surface area contributed by atoms with Crippen LogP contribution in [-0.2, 0) is 26.2 Å². The second-order valence-corrected chi connectivity index (χ2v) is 11.1. The van der Waals surface area contributed by atoms with Gasteiger partial charge in [0.2, 0.25) is 11.8 Å². The summed E-state index contributed by atoms with van der Waals surface area (Å²) in [6.45, 7) is 1.34. The molecule has 0 saturated heterocycles. The average Bonchev–Trinajstić information content (AvgIpc) is 3.44. The summed E-state index contributed by atoms with van der Waals surface area (Å²) in [7, 11) is -3.97. The molecular weight excluding hydrogens is 485 g/mol. The van der Waals surface area contributed by atoms with E-state index in [1.54, 1.807) is 37.3 Å². The molecule has 8 nitrogen and oxygen atoms in total. The molecule has 0 bridgehead atoms. The van der Waals surface area contributed by atoms with Gasteiger partial charge in [0.05, 0.1) is 5.56 Å². The van der Waals surface area contributed by atoms with Crippen LogP contribution >= 0.6 is 0 Å². The fraction of sp³-hybridized carbons (Fsp3) is 0.423. The number of carbonyl (C=O) groups excluding carboxylic acids is 3. The average molecular weight is 516 g/mol. The zero-order valence-electron chi connectivity index (χ0n) is 20.2. The van der Waals surface area contributed by atoms with Gasteiger partial charge in [-0.15, -0.1) is 0 Å². The van der Waals surface area contributed by atoms with Gasteiger partial charge in [0, 0.05) is 31.1 Å². The fourth-order valence-electron chi connectivity index (χ4n) is 4.75. The van der Waals surface area contributed by atoms with Crippen molar-refractivity contribution < 1.29 is 27.2 Å². The third kappa shape index (κ3) is 5.28. The number of sulfonamides is 1. The molecule has 2 aliphatic rings. The van der Waals surface area contributed by atoms with Crippen LogP contribution in [0.25, 0.3) is 0 Å². The molecule has 2 aromatic rings. The Morgan fingerprint density at radius 3 is 2.47 bits per heavy atom. The number of fused-ring (bicyclic) bond motifs is 1. The highest BCUT2D eigenvalue weighted by atomic mass is 32.2. The molecule has 3 amide bonds. The number of carbonyl (C=O) groups is 3. The van der Waals surface area contributed by atoms with E-state index < -0.39 is 33.7 Å². The Morgan fingerprint density at radius 2 is 1.78 bits per heavy atom. The molecule has 0 unspecified atom stereocenters. The Morgan fingerprint density at radius 1 is 1.11 bits per heavy atom. The number of amides is 3. The smallest absolute Gasteiger partial charge is 0.269 e. The Hall–Kier alpha value is -3.27. The minimum atomic E-state index is -3.97. The van der Waals surface area contributed by atoms with Gasteiger partial charge in [0.1, 0.15) is 16.8 Å². The van der Waals surface area contributed by atoms with Gasteiger partial charge in [0.25, 0.3) is 15.9 Å². The highest BCUT2D eigenvalue weighted by Gasteiger charge is 2.40. The van der Waals surface area contributed by atoms with E-state index in [0.717, 1.165) is 30.0 Å².